The van der Waals surface area contributed by atoms with Crippen LogP contribution in [0.5, 0.6) is 0 Å². The highest BCUT2D eigenvalue weighted by molar-refractivity contribution is 5.82. The minimum atomic E-state index is -0.225. The van der Waals surface area contributed by atoms with Crippen LogP contribution >= 0.6 is 0 Å². The predicted octanol–water partition coefficient (Wildman–Crippen LogP) is 1.54. The highest BCUT2D eigenvalue weighted by Crippen LogP contribution is 2.19. The van der Waals surface area contributed by atoms with Crippen LogP contribution < -0.4 is 16.6 Å². The zero-order valence-electron chi connectivity index (χ0n) is 11.8. The summed E-state index contributed by atoms with van der Waals surface area (Å²) in [6, 6.07) is 5.07. The number of nitrogens with two attached hydrogens (primary N) is 1. The quantitative estimate of drug-likeness (QED) is 0.633. The Morgan fingerprint density at radius 2 is 2.24 bits per heavy atom. The third kappa shape index (κ3) is 2.45. The number of nitrogens with one attached hydrogen (secondary N) is 2. The number of aromatic amines is 1. The minimum Gasteiger partial charge on any atom is -0.399 e. The van der Waals surface area contributed by atoms with E-state index < -0.39 is 0 Å². The van der Waals surface area contributed by atoms with Crippen molar-refractivity contribution in [1.29, 1.82) is 0 Å². The molecule has 0 spiro atoms. The molecule has 0 bridgehead atoms. The molecule has 21 heavy (non-hydrogen) atoms. The Morgan fingerprint density at radius 3 is 3.00 bits per heavy atom. The summed E-state index contributed by atoms with van der Waals surface area (Å²) in [7, 11) is 1.85. The van der Waals surface area contributed by atoms with E-state index in [1.54, 1.807) is 22.9 Å². The van der Waals surface area contributed by atoms with Gasteiger partial charge in [-0.3, -0.25) is 14.5 Å². The molecule has 0 aliphatic carbocycles. The van der Waals surface area contributed by atoms with E-state index in [0.717, 1.165) is 17.8 Å². The number of rotatable bonds is 3. The fourth-order valence-corrected chi connectivity index (χ4v) is 2.24. The second-order valence-electron chi connectivity index (χ2n) is 4.83. The van der Waals surface area contributed by atoms with E-state index in [0.29, 0.717) is 22.5 Å². The maximum atomic E-state index is 12.1. The van der Waals surface area contributed by atoms with Crippen LogP contribution in [-0.2, 0) is 13.5 Å². The van der Waals surface area contributed by atoms with Crippen LogP contribution in [0.25, 0.3) is 10.9 Å². The van der Waals surface area contributed by atoms with Crippen molar-refractivity contribution in [3.63, 3.8) is 0 Å². The first-order valence-electron chi connectivity index (χ1n) is 6.66. The number of hydrogen-bond acceptors (Lipinski definition) is 5. The van der Waals surface area contributed by atoms with Gasteiger partial charge in [-0.2, -0.15) is 5.10 Å². The van der Waals surface area contributed by atoms with Gasteiger partial charge in [0, 0.05) is 18.9 Å². The normalized spacial score (nSPS) is 11.0. The molecule has 108 valence electrons. The Labute approximate surface area is 120 Å². The standard InChI is InChI=1S/C14H16N6O/c1-3-10-12(7-20(2)19-10)17-14-16-11-5-4-8(15)6-9(11)13(21)18-14/h4-7H,3,15H2,1-2H3,(H2,16,17,18,21). The van der Waals surface area contributed by atoms with E-state index in [1.807, 2.05) is 20.2 Å². The van der Waals surface area contributed by atoms with Crippen LogP contribution in [-0.4, -0.2) is 19.7 Å². The van der Waals surface area contributed by atoms with Gasteiger partial charge in [0.1, 0.15) is 0 Å². The predicted molar refractivity (Wildman–Crippen MR) is 82.6 cm³/mol. The van der Waals surface area contributed by atoms with E-state index in [2.05, 4.69) is 20.4 Å². The Hall–Kier alpha value is -2.83. The van der Waals surface area contributed by atoms with Crippen molar-refractivity contribution in [2.45, 2.75) is 13.3 Å². The molecule has 3 rings (SSSR count). The fourth-order valence-electron chi connectivity index (χ4n) is 2.24. The number of anilines is 3. The lowest BCUT2D eigenvalue weighted by Crippen LogP contribution is -2.11. The van der Waals surface area contributed by atoms with Gasteiger partial charge in [-0.1, -0.05) is 6.92 Å². The largest absolute Gasteiger partial charge is 0.399 e. The monoisotopic (exact) mass is 284 g/mol. The number of benzene rings is 1. The summed E-state index contributed by atoms with van der Waals surface area (Å²) >= 11 is 0. The van der Waals surface area contributed by atoms with Crippen molar-refractivity contribution in [2.75, 3.05) is 11.1 Å². The van der Waals surface area contributed by atoms with Crippen LogP contribution in [0.15, 0.2) is 29.2 Å². The smallest absolute Gasteiger partial charge is 0.260 e. The molecule has 0 amide bonds. The molecule has 0 atom stereocenters. The molecule has 0 fully saturated rings. The molecule has 2 heterocycles. The first-order chi connectivity index (χ1) is 10.1. The van der Waals surface area contributed by atoms with E-state index in [9.17, 15) is 4.79 Å². The number of aryl methyl sites for hydroxylation is 2. The summed E-state index contributed by atoms with van der Waals surface area (Å²) in [5.74, 6) is 0.389. The third-order valence-corrected chi connectivity index (χ3v) is 3.22. The number of fused-ring (bicyclic) bond motifs is 1. The zero-order valence-corrected chi connectivity index (χ0v) is 11.8. The van der Waals surface area contributed by atoms with Gasteiger partial charge in [0.25, 0.3) is 5.56 Å². The Kier molecular flexibility index (Phi) is 3.09. The third-order valence-electron chi connectivity index (χ3n) is 3.22. The second-order valence-corrected chi connectivity index (χ2v) is 4.83. The Morgan fingerprint density at radius 1 is 1.43 bits per heavy atom. The molecule has 0 saturated carbocycles. The Balaban J connectivity index is 2.05. The van der Waals surface area contributed by atoms with Crippen LogP contribution in [0.3, 0.4) is 0 Å². The van der Waals surface area contributed by atoms with Crippen molar-refractivity contribution in [3.8, 4) is 0 Å². The number of nitrogens with zero attached hydrogens (tertiary/aromatic N) is 3. The first-order valence-corrected chi connectivity index (χ1v) is 6.66. The van der Waals surface area contributed by atoms with Crippen molar-refractivity contribution >= 4 is 28.2 Å². The average Bonchev–Trinajstić information content (AvgIpc) is 2.80. The van der Waals surface area contributed by atoms with E-state index in [4.69, 9.17) is 5.73 Å². The van der Waals surface area contributed by atoms with E-state index >= 15 is 0 Å². The van der Waals surface area contributed by atoms with Gasteiger partial charge in [0.2, 0.25) is 5.95 Å². The van der Waals surface area contributed by atoms with Gasteiger partial charge in [0.05, 0.1) is 22.3 Å². The van der Waals surface area contributed by atoms with E-state index in [1.165, 1.54) is 0 Å². The molecule has 2 aromatic heterocycles. The van der Waals surface area contributed by atoms with Gasteiger partial charge >= 0.3 is 0 Å². The first kappa shape index (κ1) is 13.2. The van der Waals surface area contributed by atoms with Gasteiger partial charge in [-0.15, -0.1) is 0 Å². The number of hydrogen-bond donors (Lipinski definition) is 3. The summed E-state index contributed by atoms with van der Waals surface area (Å²) < 4.78 is 1.72. The SMILES string of the molecule is CCc1nn(C)cc1Nc1nc2ccc(N)cc2c(=O)[nH]1. The van der Waals surface area contributed by atoms with Gasteiger partial charge in [-0.05, 0) is 24.6 Å². The molecule has 4 N–H and O–H groups in total. The molecule has 0 saturated heterocycles. The average molecular weight is 284 g/mol. The zero-order chi connectivity index (χ0) is 15.0. The molecule has 0 aliphatic heterocycles. The van der Waals surface area contributed by atoms with Gasteiger partial charge < -0.3 is 11.1 Å². The molecule has 7 nitrogen and oxygen atoms in total. The number of nitrogen functional groups attached to an aromatic ring is 1. The molecule has 3 aromatic rings. The highest BCUT2D eigenvalue weighted by Gasteiger charge is 2.09. The Bertz CT molecular complexity index is 864. The van der Waals surface area contributed by atoms with Crippen LogP contribution in [0.4, 0.5) is 17.3 Å². The summed E-state index contributed by atoms with van der Waals surface area (Å²) in [4.78, 5) is 19.2. The van der Waals surface area contributed by atoms with Crippen molar-refractivity contribution in [2.24, 2.45) is 7.05 Å². The molecule has 7 heteroatoms. The summed E-state index contributed by atoms with van der Waals surface area (Å²) in [6.07, 6.45) is 2.64. The van der Waals surface area contributed by atoms with Crippen molar-refractivity contribution < 1.29 is 0 Å². The summed E-state index contributed by atoms with van der Waals surface area (Å²) in [5, 5.41) is 7.92. The molecule has 0 aliphatic rings. The lowest BCUT2D eigenvalue weighted by atomic mass is 10.2. The lowest BCUT2D eigenvalue weighted by molar-refractivity contribution is 0.746. The van der Waals surface area contributed by atoms with Crippen LogP contribution in [0.1, 0.15) is 12.6 Å². The maximum absolute atomic E-state index is 12.1. The lowest BCUT2D eigenvalue weighted by Gasteiger charge is -2.06. The number of aromatic nitrogens is 4. The molecule has 0 radical (unpaired) electrons. The van der Waals surface area contributed by atoms with Crippen LogP contribution in [0.2, 0.25) is 0 Å². The van der Waals surface area contributed by atoms with Gasteiger partial charge in [0.15, 0.2) is 0 Å². The fraction of sp³-hybridized carbons (Fsp3) is 0.214. The topological polar surface area (TPSA) is 102 Å². The molecular formula is C14H16N6O. The number of H-pyrrole nitrogens is 1. The van der Waals surface area contributed by atoms with Crippen molar-refractivity contribution in [3.05, 3.63) is 40.4 Å². The summed E-state index contributed by atoms with van der Waals surface area (Å²) in [5.41, 5.74) is 8.34. The molecule has 0 unspecified atom stereocenters. The maximum Gasteiger partial charge on any atom is 0.260 e. The minimum absolute atomic E-state index is 0.225. The molecular weight excluding hydrogens is 268 g/mol. The summed E-state index contributed by atoms with van der Waals surface area (Å²) in [6.45, 7) is 2.02. The van der Waals surface area contributed by atoms with Gasteiger partial charge in [-0.25, -0.2) is 4.98 Å². The second kappa shape index (κ2) is 4.93. The molecule has 1 aromatic carbocycles. The van der Waals surface area contributed by atoms with Crippen LogP contribution in [0, 0.1) is 0 Å². The highest BCUT2D eigenvalue weighted by atomic mass is 16.1. The van der Waals surface area contributed by atoms with Crippen molar-refractivity contribution in [1.82, 2.24) is 19.7 Å². The van der Waals surface area contributed by atoms with E-state index in [-0.39, 0.29) is 5.56 Å².